The standard InChI is InChI=1S/C64H46N2/c1-63(2)52-30-12-10-29-51(52)62-56(63)34-20-38-61(62)66(58-35-16-11-27-48(58)45-24-19-23-44(41-45)43-21-5-3-6-22-43)47-39-40-50-49-28-9-13-31-53(49)64(57(50)42-47)54-32-14-17-36-59(54)65(46-25-7-4-8-26-46)60-37-18-15-33-55(60)64/h3-42H,1-2H3. The van der Waals surface area contributed by atoms with Crippen molar-refractivity contribution in [2.24, 2.45) is 0 Å². The predicted octanol–water partition coefficient (Wildman–Crippen LogP) is 16.9. The van der Waals surface area contributed by atoms with E-state index in [-0.39, 0.29) is 5.41 Å². The first-order valence-electron chi connectivity index (χ1n) is 23.1. The van der Waals surface area contributed by atoms with Gasteiger partial charge in [0.2, 0.25) is 0 Å². The summed E-state index contributed by atoms with van der Waals surface area (Å²) in [5.74, 6) is 0. The molecule has 2 heteroatoms. The van der Waals surface area contributed by atoms with E-state index in [1.54, 1.807) is 0 Å². The lowest BCUT2D eigenvalue weighted by molar-refractivity contribution is 0.660. The summed E-state index contributed by atoms with van der Waals surface area (Å²) in [5.41, 5.74) is 23.9. The molecule has 13 rings (SSSR count). The molecule has 10 aromatic rings. The zero-order valence-corrected chi connectivity index (χ0v) is 37.0. The molecule has 66 heavy (non-hydrogen) atoms. The SMILES string of the molecule is CC1(C)c2ccccc2-c2c(N(c3ccc4c(c3)C3(c5ccccc5-4)c4ccccc4N(c4ccccc4)c4ccccc43)c3ccccc3-c3cccc(-c4ccccc4)c3)cccc21. The number of anilines is 6. The van der Waals surface area contributed by atoms with E-state index in [2.05, 4.69) is 266 Å². The van der Waals surface area contributed by atoms with Gasteiger partial charge in [0, 0.05) is 27.9 Å². The van der Waals surface area contributed by atoms with Crippen LogP contribution >= 0.6 is 0 Å². The lowest BCUT2D eigenvalue weighted by Crippen LogP contribution is -2.36. The van der Waals surface area contributed by atoms with Gasteiger partial charge in [-0.15, -0.1) is 0 Å². The Balaban J connectivity index is 1.10. The first kappa shape index (κ1) is 38.3. The monoisotopic (exact) mass is 842 g/mol. The Hall–Kier alpha value is -8.20. The van der Waals surface area contributed by atoms with Gasteiger partial charge in [-0.2, -0.15) is 0 Å². The molecule has 0 bridgehead atoms. The third kappa shape index (κ3) is 5.42. The fourth-order valence-corrected chi connectivity index (χ4v) is 11.8. The van der Waals surface area contributed by atoms with Crippen molar-refractivity contribution in [2.45, 2.75) is 24.7 Å². The molecule has 312 valence electrons. The van der Waals surface area contributed by atoms with Crippen LogP contribution in [0.1, 0.15) is 47.2 Å². The van der Waals surface area contributed by atoms with Gasteiger partial charge in [0.25, 0.3) is 0 Å². The van der Waals surface area contributed by atoms with E-state index >= 15 is 0 Å². The maximum atomic E-state index is 2.56. The molecule has 1 heterocycles. The second-order valence-corrected chi connectivity index (χ2v) is 18.4. The Morgan fingerprint density at radius 3 is 1.59 bits per heavy atom. The summed E-state index contributed by atoms with van der Waals surface area (Å²) < 4.78 is 0. The van der Waals surface area contributed by atoms with Gasteiger partial charge in [0.05, 0.1) is 28.2 Å². The van der Waals surface area contributed by atoms with Crippen LogP contribution in [-0.4, -0.2) is 0 Å². The Kier molecular flexibility index (Phi) is 8.51. The third-order valence-corrected chi connectivity index (χ3v) is 14.7. The molecule has 10 aromatic carbocycles. The van der Waals surface area contributed by atoms with E-state index in [0.29, 0.717) is 0 Å². The van der Waals surface area contributed by atoms with Crippen molar-refractivity contribution in [3.8, 4) is 44.5 Å². The molecule has 1 aliphatic heterocycles. The molecule has 0 aromatic heterocycles. The maximum Gasteiger partial charge on any atom is 0.0755 e. The molecule has 0 radical (unpaired) electrons. The largest absolute Gasteiger partial charge is 0.310 e. The molecule has 3 aliphatic rings. The lowest BCUT2D eigenvalue weighted by atomic mass is 9.64. The highest BCUT2D eigenvalue weighted by Gasteiger charge is 2.52. The highest BCUT2D eigenvalue weighted by molar-refractivity contribution is 6.01. The van der Waals surface area contributed by atoms with Crippen molar-refractivity contribution < 1.29 is 0 Å². The van der Waals surface area contributed by atoms with Gasteiger partial charge in [-0.3, -0.25) is 0 Å². The van der Waals surface area contributed by atoms with Gasteiger partial charge >= 0.3 is 0 Å². The quantitative estimate of drug-likeness (QED) is 0.165. The van der Waals surface area contributed by atoms with Gasteiger partial charge in [-0.05, 0) is 121 Å². The van der Waals surface area contributed by atoms with E-state index in [1.165, 1.54) is 95.0 Å². The molecule has 0 fully saturated rings. The minimum Gasteiger partial charge on any atom is -0.310 e. The van der Waals surface area contributed by atoms with Gasteiger partial charge in [-0.1, -0.05) is 202 Å². The van der Waals surface area contributed by atoms with Crippen LogP contribution in [0.4, 0.5) is 34.1 Å². The van der Waals surface area contributed by atoms with Crippen LogP contribution in [0.25, 0.3) is 44.5 Å². The van der Waals surface area contributed by atoms with Crippen molar-refractivity contribution in [2.75, 3.05) is 9.80 Å². The van der Waals surface area contributed by atoms with Crippen LogP contribution in [0.5, 0.6) is 0 Å². The highest BCUT2D eigenvalue weighted by Crippen LogP contribution is 2.64. The molecule has 0 amide bonds. The highest BCUT2D eigenvalue weighted by atomic mass is 15.2. The molecule has 0 unspecified atom stereocenters. The Morgan fingerprint density at radius 2 is 0.848 bits per heavy atom. The van der Waals surface area contributed by atoms with Crippen LogP contribution in [0, 0.1) is 0 Å². The molecular weight excluding hydrogens is 797 g/mol. The number of nitrogens with zero attached hydrogens (tertiary/aromatic N) is 2. The minimum absolute atomic E-state index is 0.166. The molecular formula is C64H46N2. The Morgan fingerprint density at radius 1 is 0.333 bits per heavy atom. The average molecular weight is 843 g/mol. The smallest absolute Gasteiger partial charge is 0.0755 e. The fourth-order valence-electron chi connectivity index (χ4n) is 11.8. The fraction of sp³-hybridized carbons (Fsp3) is 0.0625. The van der Waals surface area contributed by atoms with Gasteiger partial charge in [-0.25, -0.2) is 0 Å². The van der Waals surface area contributed by atoms with E-state index in [1.807, 2.05) is 0 Å². The van der Waals surface area contributed by atoms with Crippen molar-refractivity contribution in [1.29, 1.82) is 0 Å². The van der Waals surface area contributed by atoms with E-state index in [0.717, 1.165) is 17.1 Å². The molecule has 2 nitrogen and oxygen atoms in total. The first-order chi connectivity index (χ1) is 32.5. The number of benzene rings is 10. The molecule has 1 spiro atoms. The molecule has 0 N–H and O–H groups in total. The van der Waals surface area contributed by atoms with E-state index in [9.17, 15) is 0 Å². The topological polar surface area (TPSA) is 6.48 Å². The third-order valence-electron chi connectivity index (χ3n) is 14.7. The zero-order valence-electron chi connectivity index (χ0n) is 37.0. The van der Waals surface area contributed by atoms with Crippen LogP contribution in [0.3, 0.4) is 0 Å². The minimum atomic E-state index is -0.594. The van der Waals surface area contributed by atoms with Crippen LogP contribution in [-0.2, 0) is 10.8 Å². The number of hydrogen-bond donors (Lipinski definition) is 0. The number of fused-ring (bicyclic) bond motifs is 12. The van der Waals surface area contributed by atoms with Crippen molar-refractivity contribution in [3.63, 3.8) is 0 Å². The molecule has 0 saturated heterocycles. The van der Waals surface area contributed by atoms with Gasteiger partial charge in [0.15, 0.2) is 0 Å². The summed E-state index contributed by atoms with van der Waals surface area (Å²) in [4.78, 5) is 5.02. The van der Waals surface area contributed by atoms with Crippen LogP contribution in [0.15, 0.2) is 243 Å². The molecule has 0 atom stereocenters. The second kappa shape index (κ2) is 14.7. The lowest BCUT2D eigenvalue weighted by Gasteiger charge is -2.45. The summed E-state index contributed by atoms with van der Waals surface area (Å²) in [5, 5.41) is 0. The first-order valence-corrected chi connectivity index (χ1v) is 23.1. The predicted molar refractivity (Wildman–Crippen MR) is 275 cm³/mol. The maximum absolute atomic E-state index is 2.56. The summed E-state index contributed by atoms with van der Waals surface area (Å²) in [6, 6.07) is 90.2. The normalized spacial score (nSPS) is 14.1. The summed E-state index contributed by atoms with van der Waals surface area (Å²) in [6.07, 6.45) is 0. The number of rotatable bonds is 6. The Labute approximate surface area is 387 Å². The van der Waals surface area contributed by atoms with Crippen molar-refractivity contribution in [3.05, 3.63) is 276 Å². The van der Waals surface area contributed by atoms with E-state index in [4.69, 9.17) is 0 Å². The number of para-hydroxylation sites is 4. The Bertz CT molecular complexity index is 3480. The van der Waals surface area contributed by atoms with Gasteiger partial charge < -0.3 is 9.80 Å². The van der Waals surface area contributed by atoms with Crippen molar-refractivity contribution >= 4 is 34.1 Å². The second-order valence-electron chi connectivity index (χ2n) is 18.4. The number of hydrogen-bond acceptors (Lipinski definition) is 2. The van der Waals surface area contributed by atoms with Crippen LogP contribution in [0.2, 0.25) is 0 Å². The van der Waals surface area contributed by atoms with Crippen LogP contribution < -0.4 is 9.80 Å². The molecule has 2 aliphatic carbocycles. The van der Waals surface area contributed by atoms with Gasteiger partial charge in [0.1, 0.15) is 0 Å². The average Bonchev–Trinajstić information content (AvgIpc) is 3.80. The summed E-state index contributed by atoms with van der Waals surface area (Å²) >= 11 is 0. The summed E-state index contributed by atoms with van der Waals surface area (Å²) in [7, 11) is 0. The molecule has 0 saturated carbocycles. The summed E-state index contributed by atoms with van der Waals surface area (Å²) in [6.45, 7) is 4.75. The zero-order chi connectivity index (χ0) is 44.0. The van der Waals surface area contributed by atoms with Crippen molar-refractivity contribution in [1.82, 2.24) is 0 Å². The van der Waals surface area contributed by atoms with E-state index < -0.39 is 5.41 Å².